The van der Waals surface area contributed by atoms with Crippen LogP contribution in [0.1, 0.15) is 33.9 Å². The number of hydrogen-bond acceptors (Lipinski definition) is 5. The van der Waals surface area contributed by atoms with Crippen LogP contribution in [0.15, 0.2) is 36.4 Å². The number of amides is 1. The third-order valence-electron chi connectivity index (χ3n) is 3.65. The number of halogens is 1. The minimum atomic E-state index is -0.0969. The van der Waals surface area contributed by atoms with E-state index < -0.39 is 0 Å². The molecule has 0 atom stereocenters. The van der Waals surface area contributed by atoms with Gasteiger partial charge in [-0.3, -0.25) is 9.59 Å². The molecule has 0 unspecified atom stereocenters. The molecule has 1 amide bonds. The summed E-state index contributed by atoms with van der Waals surface area (Å²) in [5, 5.41) is 3.95. The first-order valence-corrected chi connectivity index (χ1v) is 10.0. The number of aromatic nitrogens is 1. The maximum absolute atomic E-state index is 11.9. The molecule has 7 heteroatoms. The molecule has 25 heavy (non-hydrogen) atoms. The number of thiazole rings is 1. The topological polar surface area (TPSA) is 59.1 Å². The smallest absolute Gasteiger partial charge is 0.220 e. The lowest BCUT2D eigenvalue weighted by atomic mass is 10.2. The van der Waals surface area contributed by atoms with E-state index in [0.717, 1.165) is 23.4 Å². The molecule has 4 nitrogen and oxygen atoms in total. The number of carbonyl (C=O) groups is 2. The van der Waals surface area contributed by atoms with E-state index in [9.17, 15) is 9.59 Å². The number of hydrogen-bond donors (Lipinski definition) is 1. The highest BCUT2D eigenvalue weighted by molar-refractivity contribution is 7.18. The Kier molecular flexibility index (Phi) is 6.18. The molecule has 0 spiro atoms. The van der Waals surface area contributed by atoms with Crippen LogP contribution in [-0.2, 0) is 11.2 Å². The molecule has 0 aliphatic carbocycles. The minimum absolute atomic E-state index is 0.0403. The van der Waals surface area contributed by atoms with Crippen molar-refractivity contribution in [3.63, 3.8) is 0 Å². The fraction of sp³-hybridized carbons (Fsp3) is 0.278. The summed E-state index contributed by atoms with van der Waals surface area (Å²) in [7, 11) is 0. The number of rotatable bonds is 8. The van der Waals surface area contributed by atoms with Crippen LogP contribution in [0.25, 0.3) is 10.2 Å². The molecule has 2 aromatic heterocycles. The van der Waals surface area contributed by atoms with Gasteiger partial charge >= 0.3 is 0 Å². The first kappa shape index (κ1) is 18.0. The fourth-order valence-electron chi connectivity index (χ4n) is 2.40. The molecule has 1 aromatic carbocycles. The number of benzene rings is 1. The summed E-state index contributed by atoms with van der Waals surface area (Å²) in [4.78, 5) is 28.9. The summed E-state index contributed by atoms with van der Waals surface area (Å²) in [5.74, 6) is -0.137. The van der Waals surface area contributed by atoms with Gasteiger partial charge in [0, 0.05) is 25.8 Å². The zero-order valence-corrected chi connectivity index (χ0v) is 15.8. The van der Waals surface area contributed by atoms with Crippen LogP contribution < -0.4 is 5.32 Å². The Bertz CT molecular complexity index is 855. The molecule has 0 aliphatic heterocycles. The van der Waals surface area contributed by atoms with Crippen molar-refractivity contribution in [2.75, 3.05) is 6.54 Å². The van der Waals surface area contributed by atoms with Crippen molar-refractivity contribution >= 4 is 56.2 Å². The quantitative estimate of drug-likeness (QED) is 0.445. The van der Waals surface area contributed by atoms with Gasteiger partial charge in [0.15, 0.2) is 5.78 Å². The van der Waals surface area contributed by atoms with Gasteiger partial charge in [-0.2, -0.15) is 0 Å². The molecule has 2 heterocycles. The lowest BCUT2D eigenvalue weighted by molar-refractivity contribution is -0.121. The van der Waals surface area contributed by atoms with E-state index in [0.29, 0.717) is 15.8 Å². The van der Waals surface area contributed by atoms with Crippen LogP contribution in [0, 0.1) is 0 Å². The highest BCUT2D eigenvalue weighted by Crippen LogP contribution is 2.23. The van der Waals surface area contributed by atoms with Crippen LogP contribution >= 0.6 is 34.3 Å². The van der Waals surface area contributed by atoms with Crippen molar-refractivity contribution in [2.24, 2.45) is 0 Å². The summed E-state index contributed by atoms with van der Waals surface area (Å²) >= 11 is 8.75. The van der Waals surface area contributed by atoms with Gasteiger partial charge in [-0.15, -0.1) is 22.7 Å². The lowest BCUT2D eigenvalue weighted by Crippen LogP contribution is -2.25. The van der Waals surface area contributed by atoms with E-state index >= 15 is 0 Å². The van der Waals surface area contributed by atoms with Crippen molar-refractivity contribution in [3.05, 3.63) is 50.6 Å². The Morgan fingerprint density at radius 1 is 1.08 bits per heavy atom. The van der Waals surface area contributed by atoms with Crippen LogP contribution in [0.3, 0.4) is 0 Å². The zero-order chi connectivity index (χ0) is 17.6. The normalized spacial score (nSPS) is 10.9. The van der Waals surface area contributed by atoms with Crippen molar-refractivity contribution in [2.45, 2.75) is 25.7 Å². The molecule has 130 valence electrons. The van der Waals surface area contributed by atoms with Gasteiger partial charge in [0.2, 0.25) is 5.91 Å². The van der Waals surface area contributed by atoms with Crippen LogP contribution in [0.2, 0.25) is 4.34 Å². The molecule has 1 N–H and O–H groups in total. The van der Waals surface area contributed by atoms with Gasteiger partial charge in [-0.05, 0) is 30.7 Å². The fourth-order valence-corrected chi connectivity index (χ4v) is 4.42. The van der Waals surface area contributed by atoms with E-state index in [1.54, 1.807) is 23.5 Å². The molecule has 0 bridgehead atoms. The lowest BCUT2D eigenvalue weighted by Gasteiger charge is -2.03. The number of Topliss-reactive ketones (excluding diaryl/α,β-unsaturated/α-hetero) is 1. The van der Waals surface area contributed by atoms with Gasteiger partial charge in [0.1, 0.15) is 0 Å². The molecule has 3 rings (SSSR count). The van der Waals surface area contributed by atoms with E-state index in [-0.39, 0.29) is 24.5 Å². The van der Waals surface area contributed by atoms with Gasteiger partial charge in [0.05, 0.1) is 24.4 Å². The Morgan fingerprint density at radius 2 is 1.92 bits per heavy atom. The Balaban J connectivity index is 1.35. The van der Waals surface area contributed by atoms with Gasteiger partial charge in [-0.1, -0.05) is 23.7 Å². The summed E-state index contributed by atoms with van der Waals surface area (Å²) < 4.78 is 1.77. The number of para-hydroxylation sites is 1. The highest BCUT2D eigenvalue weighted by atomic mass is 35.5. The Morgan fingerprint density at radius 3 is 2.68 bits per heavy atom. The predicted molar refractivity (Wildman–Crippen MR) is 104 cm³/mol. The standard InChI is InChI=1S/C18H17ClN2O2S2/c19-16-9-8-15(24-16)13(22)7-10-17(23)20-11-3-6-18-21-12-4-1-2-5-14(12)25-18/h1-2,4-5,8-9H,3,6-7,10-11H2,(H,20,23). The van der Waals surface area contributed by atoms with Crippen molar-refractivity contribution in [1.29, 1.82) is 0 Å². The molecular formula is C18H17ClN2O2S2. The van der Waals surface area contributed by atoms with E-state index in [1.807, 2.05) is 18.2 Å². The molecule has 0 radical (unpaired) electrons. The maximum atomic E-state index is 11.9. The van der Waals surface area contributed by atoms with Crippen LogP contribution in [-0.4, -0.2) is 23.2 Å². The molecule has 0 saturated heterocycles. The zero-order valence-electron chi connectivity index (χ0n) is 13.5. The molecular weight excluding hydrogens is 376 g/mol. The van der Waals surface area contributed by atoms with E-state index in [4.69, 9.17) is 11.6 Å². The van der Waals surface area contributed by atoms with Crippen LogP contribution in [0.5, 0.6) is 0 Å². The van der Waals surface area contributed by atoms with Gasteiger partial charge < -0.3 is 5.32 Å². The molecule has 3 aromatic rings. The van der Waals surface area contributed by atoms with E-state index in [2.05, 4.69) is 16.4 Å². The second-order valence-corrected chi connectivity index (χ2v) is 8.39. The summed E-state index contributed by atoms with van der Waals surface area (Å²) in [6.07, 6.45) is 2.09. The van der Waals surface area contributed by atoms with Gasteiger partial charge in [0.25, 0.3) is 0 Å². The average molecular weight is 393 g/mol. The average Bonchev–Trinajstić information content (AvgIpc) is 3.22. The Hall–Kier alpha value is -1.76. The second kappa shape index (κ2) is 8.56. The number of thiophene rings is 1. The third-order valence-corrected chi connectivity index (χ3v) is 6.02. The molecule has 0 fully saturated rings. The first-order chi connectivity index (χ1) is 12.1. The number of ketones is 1. The minimum Gasteiger partial charge on any atom is -0.356 e. The van der Waals surface area contributed by atoms with Crippen molar-refractivity contribution in [3.8, 4) is 0 Å². The number of nitrogens with zero attached hydrogens (tertiary/aromatic N) is 1. The van der Waals surface area contributed by atoms with Crippen molar-refractivity contribution in [1.82, 2.24) is 10.3 Å². The predicted octanol–water partition coefficient (Wildman–Crippen LogP) is 4.72. The number of fused-ring (bicyclic) bond motifs is 1. The van der Waals surface area contributed by atoms with Crippen molar-refractivity contribution < 1.29 is 9.59 Å². The largest absolute Gasteiger partial charge is 0.356 e. The molecule has 0 aliphatic rings. The number of nitrogens with one attached hydrogen (secondary N) is 1. The second-order valence-electron chi connectivity index (χ2n) is 5.56. The van der Waals surface area contributed by atoms with Gasteiger partial charge in [-0.25, -0.2) is 4.98 Å². The number of carbonyl (C=O) groups excluding carboxylic acids is 2. The SMILES string of the molecule is O=C(CCC(=O)c1ccc(Cl)s1)NCCCc1nc2ccccc2s1. The molecule has 0 saturated carbocycles. The summed E-state index contributed by atoms with van der Waals surface area (Å²) in [6, 6.07) is 11.5. The number of aryl methyl sites for hydroxylation is 1. The van der Waals surface area contributed by atoms with Crippen LogP contribution in [0.4, 0.5) is 0 Å². The first-order valence-electron chi connectivity index (χ1n) is 8.01. The van der Waals surface area contributed by atoms with E-state index in [1.165, 1.54) is 16.0 Å². The maximum Gasteiger partial charge on any atom is 0.220 e. The third kappa shape index (κ3) is 5.11. The Labute approximate surface area is 158 Å². The summed E-state index contributed by atoms with van der Waals surface area (Å²) in [5.41, 5.74) is 1.03. The monoisotopic (exact) mass is 392 g/mol. The highest BCUT2D eigenvalue weighted by Gasteiger charge is 2.11. The summed E-state index contributed by atoms with van der Waals surface area (Å²) in [6.45, 7) is 0.591.